The minimum atomic E-state index is -0.0959. The highest BCUT2D eigenvalue weighted by Crippen LogP contribution is 2.21. The highest BCUT2D eigenvalue weighted by Gasteiger charge is 2.25. The van der Waals surface area contributed by atoms with Crippen molar-refractivity contribution < 1.29 is 4.79 Å². The third kappa shape index (κ3) is 3.96. The SMILES string of the molecule is C=CCN(Cc1ccccc1)C(=O)c1nnn(C2CCNCC2)c1C. The molecule has 1 aromatic carbocycles. The molecule has 1 N–H and O–H groups in total. The van der Waals surface area contributed by atoms with Crippen molar-refractivity contribution in [3.8, 4) is 0 Å². The first kappa shape index (κ1) is 17.4. The van der Waals surface area contributed by atoms with Crippen molar-refractivity contribution in [2.24, 2.45) is 0 Å². The van der Waals surface area contributed by atoms with E-state index in [4.69, 9.17) is 0 Å². The van der Waals surface area contributed by atoms with Crippen LogP contribution < -0.4 is 5.32 Å². The fraction of sp³-hybridized carbons (Fsp3) is 0.421. The molecule has 2 heterocycles. The normalized spacial score (nSPS) is 15.1. The first-order chi connectivity index (χ1) is 12.2. The highest BCUT2D eigenvalue weighted by atomic mass is 16.2. The number of aromatic nitrogens is 3. The van der Waals surface area contributed by atoms with Gasteiger partial charge in [-0.15, -0.1) is 11.7 Å². The maximum absolute atomic E-state index is 13.0. The summed E-state index contributed by atoms with van der Waals surface area (Å²) in [5, 5.41) is 11.8. The topological polar surface area (TPSA) is 63.1 Å². The summed E-state index contributed by atoms with van der Waals surface area (Å²) in [5.74, 6) is -0.0959. The fourth-order valence-electron chi connectivity index (χ4n) is 3.27. The Kier molecular flexibility index (Phi) is 5.60. The molecular formula is C19H25N5O. The van der Waals surface area contributed by atoms with Crippen LogP contribution in [-0.2, 0) is 6.54 Å². The van der Waals surface area contributed by atoms with Crippen molar-refractivity contribution in [2.75, 3.05) is 19.6 Å². The van der Waals surface area contributed by atoms with Crippen LogP contribution >= 0.6 is 0 Å². The molecule has 0 aliphatic carbocycles. The number of carbonyl (C=O) groups is 1. The van der Waals surface area contributed by atoms with Gasteiger partial charge in [-0.05, 0) is 38.4 Å². The molecular weight excluding hydrogens is 314 g/mol. The number of carbonyl (C=O) groups excluding carboxylic acids is 1. The number of hydrogen-bond donors (Lipinski definition) is 1. The maximum Gasteiger partial charge on any atom is 0.276 e. The second-order valence-corrected chi connectivity index (χ2v) is 6.41. The van der Waals surface area contributed by atoms with E-state index in [-0.39, 0.29) is 5.91 Å². The lowest BCUT2D eigenvalue weighted by atomic mass is 10.1. The van der Waals surface area contributed by atoms with Gasteiger partial charge in [-0.25, -0.2) is 4.68 Å². The van der Waals surface area contributed by atoms with Crippen molar-refractivity contribution in [2.45, 2.75) is 32.4 Å². The molecule has 1 aliphatic heterocycles. The summed E-state index contributed by atoms with van der Waals surface area (Å²) < 4.78 is 1.92. The summed E-state index contributed by atoms with van der Waals surface area (Å²) in [4.78, 5) is 14.8. The van der Waals surface area contributed by atoms with Crippen LogP contribution in [0.25, 0.3) is 0 Å². The van der Waals surface area contributed by atoms with Crippen molar-refractivity contribution in [3.63, 3.8) is 0 Å². The standard InChI is InChI=1S/C19H25N5O/c1-3-13-23(14-16-7-5-4-6-8-16)19(25)18-15(2)24(22-21-18)17-9-11-20-12-10-17/h3-8,17,20H,1,9-14H2,2H3. The van der Waals surface area contributed by atoms with Gasteiger partial charge >= 0.3 is 0 Å². The quantitative estimate of drug-likeness (QED) is 0.821. The molecule has 0 unspecified atom stereocenters. The number of amides is 1. The van der Waals surface area contributed by atoms with E-state index < -0.39 is 0 Å². The van der Waals surface area contributed by atoms with E-state index in [0.717, 1.165) is 37.2 Å². The van der Waals surface area contributed by atoms with Gasteiger partial charge in [0, 0.05) is 13.1 Å². The molecule has 2 aromatic rings. The van der Waals surface area contributed by atoms with Crippen LogP contribution in [0.1, 0.15) is 40.6 Å². The molecule has 0 spiro atoms. The van der Waals surface area contributed by atoms with Gasteiger partial charge in [-0.1, -0.05) is 41.6 Å². The van der Waals surface area contributed by atoms with Crippen molar-refractivity contribution in [3.05, 3.63) is 59.9 Å². The summed E-state index contributed by atoms with van der Waals surface area (Å²) in [6.07, 6.45) is 3.77. The average Bonchev–Trinajstić information content (AvgIpc) is 3.04. The molecule has 132 valence electrons. The zero-order valence-electron chi connectivity index (χ0n) is 14.7. The lowest BCUT2D eigenvalue weighted by Gasteiger charge is -2.24. The van der Waals surface area contributed by atoms with E-state index in [1.54, 1.807) is 11.0 Å². The largest absolute Gasteiger partial charge is 0.329 e. The molecule has 25 heavy (non-hydrogen) atoms. The van der Waals surface area contributed by atoms with Gasteiger partial charge in [0.15, 0.2) is 5.69 Å². The van der Waals surface area contributed by atoms with Crippen LogP contribution in [0.2, 0.25) is 0 Å². The minimum absolute atomic E-state index is 0.0959. The molecule has 0 radical (unpaired) electrons. The highest BCUT2D eigenvalue weighted by molar-refractivity contribution is 5.93. The van der Waals surface area contributed by atoms with Gasteiger partial charge in [0.2, 0.25) is 0 Å². The first-order valence-electron chi connectivity index (χ1n) is 8.77. The van der Waals surface area contributed by atoms with Crippen molar-refractivity contribution >= 4 is 5.91 Å². The maximum atomic E-state index is 13.0. The second kappa shape index (κ2) is 8.07. The molecule has 0 saturated carbocycles. The molecule has 1 amide bonds. The van der Waals surface area contributed by atoms with Gasteiger partial charge in [0.25, 0.3) is 5.91 Å². The van der Waals surface area contributed by atoms with Crippen LogP contribution in [0.15, 0.2) is 43.0 Å². The second-order valence-electron chi connectivity index (χ2n) is 6.41. The van der Waals surface area contributed by atoms with Gasteiger partial charge < -0.3 is 10.2 Å². The number of piperidine rings is 1. The van der Waals surface area contributed by atoms with Crippen LogP contribution in [-0.4, -0.2) is 45.4 Å². The van der Waals surface area contributed by atoms with E-state index in [2.05, 4.69) is 22.2 Å². The van der Waals surface area contributed by atoms with E-state index >= 15 is 0 Å². The van der Waals surface area contributed by atoms with Crippen molar-refractivity contribution in [1.29, 1.82) is 0 Å². The van der Waals surface area contributed by atoms with E-state index in [0.29, 0.717) is 24.8 Å². The third-order valence-electron chi connectivity index (χ3n) is 4.64. The van der Waals surface area contributed by atoms with Gasteiger partial charge in [0.05, 0.1) is 11.7 Å². The van der Waals surface area contributed by atoms with Crippen LogP contribution in [0.3, 0.4) is 0 Å². The molecule has 6 nitrogen and oxygen atoms in total. The van der Waals surface area contributed by atoms with Gasteiger partial charge in [0.1, 0.15) is 0 Å². The van der Waals surface area contributed by atoms with Gasteiger partial charge in [-0.3, -0.25) is 4.79 Å². The van der Waals surface area contributed by atoms with E-state index in [1.165, 1.54) is 0 Å². The Morgan fingerprint density at radius 2 is 2.08 bits per heavy atom. The summed E-state index contributed by atoms with van der Waals surface area (Å²) in [6.45, 7) is 8.68. The van der Waals surface area contributed by atoms with E-state index in [9.17, 15) is 4.79 Å². The molecule has 1 saturated heterocycles. The number of hydrogen-bond acceptors (Lipinski definition) is 4. The number of nitrogens with zero attached hydrogens (tertiary/aromatic N) is 4. The smallest absolute Gasteiger partial charge is 0.276 e. The Morgan fingerprint density at radius 1 is 1.36 bits per heavy atom. The van der Waals surface area contributed by atoms with Crippen LogP contribution in [0.5, 0.6) is 0 Å². The summed E-state index contributed by atoms with van der Waals surface area (Å²) in [7, 11) is 0. The number of benzene rings is 1. The number of rotatable bonds is 6. The molecule has 1 fully saturated rings. The Bertz CT molecular complexity index is 719. The van der Waals surface area contributed by atoms with Gasteiger partial charge in [-0.2, -0.15) is 0 Å². The minimum Gasteiger partial charge on any atom is -0.329 e. The first-order valence-corrected chi connectivity index (χ1v) is 8.77. The lowest BCUT2D eigenvalue weighted by Crippen LogP contribution is -2.32. The molecule has 0 atom stereocenters. The molecule has 6 heteroatoms. The Labute approximate surface area is 148 Å². The zero-order chi connectivity index (χ0) is 17.6. The fourth-order valence-corrected chi connectivity index (χ4v) is 3.27. The molecule has 3 rings (SSSR count). The third-order valence-corrected chi connectivity index (χ3v) is 4.64. The predicted molar refractivity (Wildman–Crippen MR) is 97.3 cm³/mol. The number of nitrogens with one attached hydrogen (secondary N) is 1. The molecule has 0 bridgehead atoms. The lowest BCUT2D eigenvalue weighted by molar-refractivity contribution is 0.0756. The molecule has 1 aliphatic rings. The van der Waals surface area contributed by atoms with Crippen molar-refractivity contribution in [1.82, 2.24) is 25.2 Å². The monoisotopic (exact) mass is 339 g/mol. The Hall–Kier alpha value is -2.47. The summed E-state index contributed by atoms with van der Waals surface area (Å²) in [6, 6.07) is 10.3. The Morgan fingerprint density at radius 3 is 2.76 bits per heavy atom. The van der Waals surface area contributed by atoms with Crippen LogP contribution in [0, 0.1) is 6.92 Å². The van der Waals surface area contributed by atoms with Crippen LogP contribution in [0.4, 0.5) is 0 Å². The average molecular weight is 339 g/mol. The summed E-state index contributed by atoms with van der Waals surface area (Å²) in [5.41, 5.74) is 2.37. The zero-order valence-corrected chi connectivity index (χ0v) is 14.7. The van der Waals surface area contributed by atoms with E-state index in [1.807, 2.05) is 41.9 Å². The Balaban J connectivity index is 1.79. The summed E-state index contributed by atoms with van der Waals surface area (Å²) >= 11 is 0. The molecule has 1 aromatic heterocycles. The predicted octanol–water partition coefficient (Wildman–Crippen LogP) is 2.34.